The van der Waals surface area contributed by atoms with Crippen LogP contribution in [0.3, 0.4) is 0 Å². The van der Waals surface area contributed by atoms with Crippen LogP contribution in [-0.4, -0.2) is 17.5 Å². The first kappa shape index (κ1) is 7.29. The molecule has 0 saturated heterocycles. The van der Waals surface area contributed by atoms with Crippen molar-refractivity contribution in [3.63, 3.8) is 0 Å². The third kappa shape index (κ3) is 6.29. The molecular formula is C2H6O3P2. The van der Waals surface area contributed by atoms with E-state index in [1.807, 2.05) is 0 Å². The summed E-state index contributed by atoms with van der Waals surface area (Å²) in [6.07, 6.45) is 0. The van der Waals surface area contributed by atoms with E-state index in [9.17, 15) is 9.13 Å². The highest BCUT2D eigenvalue weighted by Gasteiger charge is 2.06. The van der Waals surface area contributed by atoms with Gasteiger partial charge in [-0.1, -0.05) is 0 Å². The van der Waals surface area contributed by atoms with Gasteiger partial charge in [-0.3, -0.25) is 9.13 Å². The Morgan fingerprint density at radius 1 is 1.86 bits per heavy atom. The monoisotopic (exact) mass is 140 g/mol. The summed E-state index contributed by atoms with van der Waals surface area (Å²) in [4.78, 5) is 8.37. The van der Waals surface area contributed by atoms with Gasteiger partial charge in [-0.15, -0.1) is 0 Å². The lowest BCUT2D eigenvalue weighted by atomic mass is 11.9. The zero-order valence-corrected chi connectivity index (χ0v) is 5.65. The maximum atomic E-state index is 10.2. The van der Waals surface area contributed by atoms with Crippen LogP contribution in [0.5, 0.6) is 0 Å². The highest BCUT2D eigenvalue weighted by Crippen LogP contribution is 2.38. The predicted octanol–water partition coefficient (Wildman–Crippen LogP) is 1.14. The normalized spacial score (nSPS) is 19.1. The molecule has 1 unspecified atom stereocenters. The largest absolute Gasteiger partial charge is 0.344 e. The average molecular weight is 140 g/mol. The summed E-state index contributed by atoms with van der Waals surface area (Å²) in [5.41, 5.74) is 0. The van der Waals surface area contributed by atoms with Gasteiger partial charge in [-0.05, 0) is 0 Å². The minimum atomic E-state index is -2.99. The van der Waals surface area contributed by atoms with Crippen LogP contribution in [0.4, 0.5) is 0 Å². The van der Waals surface area contributed by atoms with Crippen molar-refractivity contribution in [1.82, 2.24) is 0 Å². The van der Waals surface area contributed by atoms with E-state index in [0.29, 0.717) is 0 Å². The molecule has 0 heterocycles. The Bertz CT molecular complexity index is 104. The molecule has 0 aromatic carbocycles. The molecule has 7 heavy (non-hydrogen) atoms. The van der Waals surface area contributed by atoms with Crippen molar-refractivity contribution in [3.8, 4) is 0 Å². The van der Waals surface area contributed by atoms with Crippen LogP contribution < -0.4 is 0 Å². The second-order valence-electron chi connectivity index (χ2n) is 1.32. The molecule has 0 aromatic heterocycles. The lowest BCUT2D eigenvalue weighted by Crippen LogP contribution is -1.72. The lowest BCUT2D eigenvalue weighted by Gasteiger charge is -1.92. The Balaban J connectivity index is 3.57. The zero-order chi connectivity index (χ0) is 5.91. The maximum absolute atomic E-state index is 10.2. The SMILES string of the molecule is CP(=O)(O)CP=O. The lowest BCUT2D eigenvalue weighted by molar-refractivity contribution is 0.489. The third-order valence-corrected chi connectivity index (χ3v) is 2.88. The Labute approximate surface area is 43.4 Å². The zero-order valence-electron chi connectivity index (χ0n) is 3.87. The van der Waals surface area contributed by atoms with Gasteiger partial charge in [0, 0.05) is 6.66 Å². The van der Waals surface area contributed by atoms with Gasteiger partial charge in [0.15, 0.2) is 8.46 Å². The molecule has 5 heteroatoms. The van der Waals surface area contributed by atoms with Crippen LogP contribution in [0, 0.1) is 0 Å². The molecule has 0 radical (unpaired) electrons. The van der Waals surface area contributed by atoms with Gasteiger partial charge in [-0.2, -0.15) is 0 Å². The molecule has 0 saturated carbocycles. The molecule has 0 aromatic rings. The summed E-state index contributed by atoms with van der Waals surface area (Å²) < 4.78 is 19.7. The van der Waals surface area contributed by atoms with Crippen molar-refractivity contribution in [3.05, 3.63) is 0 Å². The molecule has 0 aliphatic heterocycles. The Hall–Kier alpha value is 0.290. The van der Waals surface area contributed by atoms with E-state index in [1.165, 1.54) is 6.66 Å². The highest BCUT2D eigenvalue weighted by molar-refractivity contribution is 7.64. The second kappa shape index (κ2) is 2.56. The van der Waals surface area contributed by atoms with E-state index >= 15 is 0 Å². The molecule has 0 bridgehead atoms. The number of hydrogen-bond donors (Lipinski definition) is 1. The van der Waals surface area contributed by atoms with Crippen LogP contribution in [-0.2, 0) is 9.13 Å². The fourth-order valence-corrected chi connectivity index (χ4v) is 0.964. The highest BCUT2D eigenvalue weighted by atomic mass is 31.2. The average Bonchev–Trinajstić information content (AvgIpc) is 1.30. The van der Waals surface area contributed by atoms with E-state index in [4.69, 9.17) is 4.89 Å². The third-order valence-electron chi connectivity index (χ3n) is 0.320. The summed E-state index contributed by atoms with van der Waals surface area (Å²) in [5.74, 6) is -0.132. The first-order chi connectivity index (χ1) is 3.06. The minimum absolute atomic E-state index is 0.132. The molecule has 0 rings (SSSR count). The van der Waals surface area contributed by atoms with E-state index in [2.05, 4.69) is 0 Å². The van der Waals surface area contributed by atoms with Gasteiger partial charge in [-0.25, -0.2) is 0 Å². The minimum Gasteiger partial charge on any atom is -0.344 e. The molecule has 0 spiro atoms. The molecule has 1 N–H and O–H groups in total. The number of rotatable bonds is 2. The molecule has 0 amide bonds. The van der Waals surface area contributed by atoms with Crippen molar-refractivity contribution in [2.24, 2.45) is 0 Å². The van der Waals surface area contributed by atoms with Crippen LogP contribution in [0.2, 0.25) is 0 Å². The van der Waals surface area contributed by atoms with Crippen molar-refractivity contribution < 1.29 is 14.0 Å². The van der Waals surface area contributed by atoms with Gasteiger partial charge in [0.25, 0.3) is 0 Å². The number of hydrogen-bond acceptors (Lipinski definition) is 2. The molecule has 0 aliphatic carbocycles. The fraction of sp³-hybridized carbons (Fsp3) is 1.00. The smallest absolute Gasteiger partial charge is 0.208 e. The van der Waals surface area contributed by atoms with Crippen LogP contribution in [0.15, 0.2) is 0 Å². The molecule has 0 aliphatic rings. The Morgan fingerprint density at radius 3 is 2.29 bits per heavy atom. The van der Waals surface area contributed by atoms with Gasteiger partial charge < -0.3 is 4.89 Å². The molecule has 0 fully saturated rings. The molecule has 1 atom stereocenters. The maximum Gasteiger partial charge on any atom is 0.208 e. The van der Waals surface area contributed by atoms with Gasteiger partial charge in [0.05, 0.1) is 0 Å². The summed E-state index contributed by atoms with van der Waals surface area (Å²) in [6, 6.07) is 0. The van der Waals surface area contributed by atoms with Crippen molar-refractivity contribution in [2.75, 3.05) is 12.6 Å². The summed E-state index contributed by atoms with van der Waals surface area (Å²) in [7, 11) is -3.24. The van der Waals surface area contributed by atoms with Crippen molar-refractivity contribution in [2.45, 2.75) is 0 Å². The molecular weight excluding hydrogens is 134 g/mol. The van der Waals surface area contributed by atoms with Crippen LogP contribution >= 0.6 is 15.8 Å². The van der Waals surface area contributed by atoms with E-state index in [1.54, 1.807) is 0 Å². The molecule has 3 nitrogen and oxygen atoms in total. The summed E-state index contributed by atoms with van der Waals surface area (Å²) in [5, 5.41) is 0. The summed E-state index contributed by atoms with van der Waals surface area (Å²) in [6.45, 7) is 1.18. The first-order valence-electron chi connectivity index (χ1n) is 1.64. The van der Waals surface area contributed by atoms with E-state index in [-0.39, 0.29) is 14.4 Å². The quantitative estimate of drug-likeness (QED) is 0.585. The Kier molecular flexibility index (Phi) is 2.67. The first-order valence-corrected chi connectivity index (χ1v) is 4.93. The molecule has 42 valence electrons. The fourth-order valence-electron chi connectivity index (χ4n) is 0.107. The topological polar surface area (TPSA) is 54.4 Å². The Morgan fingerprint density at radius 2 is 2.29 bits per heavy atom. The van der Waals surface area contributed by atoms with Crippen molar-refractivity contribution in [1.29, 1.82) is 0 Å². The predicted molar refractivity (Wildman–Crippen MR) is 28.2 cm³/mol. The van der Waals surface area contributed by atoms with E-state index < -0.39 is 7.37 Å². The van der Waals surface area contributed by atoms with Crippen molar-refractivity contribution >= 4 is 15.8 Å². The van der Waals surface area contributed by atoms with Crippen LogP contribution in [0.25, 0.3) is 0 Å². The van der Waals surface area contributed by atoms with Gasteiger partial charge in [0.1, 0.15) is 5.90 Å². The van der Waals surface area contributed by atoms with Gasteiger partial charge >= 0.3 is 0 Å². The second-order valence-corrected chi connectivity index (χ2v) is 4.81. The van der Waals surface area contributed by atoms with Crippen LogP contribution in [0.1, 0.15) is 0 Å². The summed E-state index contributed by atoms with van der Waals surface area (Å²) >= 11 is 0. The van der Waals surface area contributed by atoms with Gasteiger partial charge in [0.2, 0.25) is 7.37 Å². The van der Waals surface area contributed by atoms with E-state index in [0.717, 1.165) is 0 Å². The standard InChI is InChI=1S/C2H6O3P2/c1-7(4,5)2-6-3/h2H2,1H3,(H,4,5).